The number of hydrogen-bond acceptors (Lipinski definition) is 5. The average molecular weight is 348 g/mol. The smallest absolute Gasteiger partial charge is 0.271 e. The molecule has 1 aromatic rings. The highest BCUT2D eigenvalue weighted by Crippen LogP contribution is 2.31. The maximum absolute atomic E-state index is 12.4. The van der Waals surface area contributed by atoms with Crippen LogP contribution < -0.4 is 10.9 Å². The van der Waals surface area contributed by atoms with E-state index in [4.69, 9.17) is 4.74 Å². The molecule has 1 saturated heterocycles. The van der Waals surface area contributed by atoms with Crippen molar-refractivity contribution in [1.82, 2.24) is 20.0 Å². The van der Waals surface area contributed by atoms with E-state index < -0.39 is 0 Å². The molecule has 3 rings (SSSR count). The monoisotopic (exact) mass is 348 g/mol. The van der Waals surface area contributed by atoms with Crippen LogP contribution in [0.5, 0.6) is 0 Å². The van der Waals surface area contributed by atoms with Gasteiger partial charge in [-0.3, -0.25) is 14.4 Å². The minimum Gasteiger partial charge on any atom is -0.383 e. The predicted octanol–water partition coefficient (Wildman–Crippen LogP) is 0.0205. The first kappa shape index (κ1) is 17.6. The number of carbonyl (C=O) groups excluding carboxylic acids is 2. The lowest BCUT2D eigenvalue weighted by molar-refractivity contribution is -0.133. The topological polar surface area (TPSA) is 93.5 Å². The van der Waals surface area contributed by atoms with Gasteiger partial charge in [-0.25, -0.2) is 4.68 Å². The summed E-state index contributed by atoms with van der Waals surface area (Å²) in [6.07, 6.45) is 3.51. The largest absolute Gasteiger partial charge is 0.383 e. The number of rotatable bonds is 6. The number of aromatic nitrogens is 2. The molecule has 8 heteroatoms. The standard InChI is InChI=1S/C17H24N4O4/c1-25-11-10-21-15(22)5-4-14(19-21)16(23)18-13-6-8-20(9-7-13)17(24)12-2-3-12/h4-5,12-13H,2-3,6-11H2,1H3,(H,18,23). The highest BCUT2D eigenvalue weighted by molar-refractivity contribution is 5.92. The number of likely N-dealkylation sites (tertiary alicyclic amines) is 1. The summed E-state index contributed by atoms with van der Waals surface area (Å²) in [5.74, 6) is 0.207. The van der Waals surface area contributed by atoms with Gasteiger partial charge in [0.1, 0.15) is 5.69 Å². The summed E-state index contributed by atoms with van der Waals surface area (Å²) in [7, 11) is 1.54. The second-order valence-corrected chi connectivity index (χ2v) is 6.62. The fourth-order valence-electron chi connectivity index (χ4n) is 3.00. The van der Waals surface area contributed by atoms with Gasteiger partial charge in [-0.15, -0.1) is 0 Å². The summed E-state index contributed by atoms with van der Waals surface area (Å²) in [6, 6.07) is 2.80. The number of ether oxygens (including phenoxy) is 1. The number of nitrogens with zero attached hydrogens (tertiary/aromatic N) is 3. The molecular formula is C17H24N4O4. The van der Waals surface area contributed by atoms with Crippen molar-refractivity contribution in [3.8, 4) is 0 Å². The third kappa shape index (κ3) is 4.45. The minimum absolute atomic E-state index is 0.0249. The second-order valence-electron chi connectivity index (χ2n) is 6.62. The van der Waals surface area contributed by atoms with E-state index in [1.807, 2.05) is 4.90 Å². The first-order chi connectivity index (χ1) is 12.1. The van der Waals surface area contributed by atoms with Gasteiger partial charge in [0.05, 0.1) is 13.2 Å². The van der Waals surface area contributed by atoms with Crippen molar-refractivity contribution in [3.05, 3.63) is 28.2 Å². The second kappa shape index (κ2) is 7.77. The summed E-state index contributed by atoms with van der Waals surface area (Å²) in [4.78, 5) is 38.1. The van der Waals surface area contributed by atoms with Crippen LogP contribution >= 0.6 is 0 Å². The Balaban J connectivity index is 1.54. The summed E-state index contributed by atoms with van der Waals surface area (Å²) in [5.41, 5.74) is -0.0484. The average Bonchev–Trinajstić information content (AvgIpc) is 3.46. The van der Waals surface area contributed by atoms with Crippen LogP contribution in [0.15, 0.2) is 16.9 Å². The van der Waals surface area contributed by atoms with Crippen molar-refractivity contribution >= 4 is 11.8 Å². The summed E-state index contributed by atoms with van der Waals surface area (Å²) in [6.45, 7) is 2.02. The van der Waals surface area contributed by atoms with E-state index in [2.05, 4.69) is 10.4 Å². The number of amides is 2. The van der Waals surface area contributed by atoms with E-state index in [1.54, 1.807) is 7.11 Å². The molecule has 25 heavy (non-hydrogen) atoms. The molecule has 8 nitrogen and oxygen atoms in total. The molecule has 0 atom stereocenters. The molecular weight excluding hydrogens is 324 g/mol. The van der Waals surface area contributed by atoms with Crippen LogP contribution in [0.2, 0.25) is 0 Å². The fourth-order valence-corrected chi connectivity index (χ4v) is 3.00. The highest BCUT2D eigenvalue weighted by Gasteiger charge is 2.35. The quantitative estimate of drug-likeness (QED) is 0.782. The molecule has 2 amide bonds. The van der Waals surface area contributed by atoms with Crippen LogP contribution in [-0.2, 0) is 16.1 Å². The molecule has 136 valence electrons. The molecule has 0 aromatic carbocycles. The molecule has 0 unspecified atom stereocenters. The Labute approximate surface area is 146 Å². The van der Waals surface area contributed by atoms with Gasteiger partial charge >= 0.3 is 0 Å². The summed E-state index contributed by atoms with van der Waals surface area (Å²) >= 11 is 0. The van der Waals surface area contributed by atoms with Crippen molar-refractivity contribution < 1.29 is 14.3 Å². The Morgan fingerprint density at radius 2 is 1.96 bits per heavy atom. The molecule has 2 fully saturated rings. The molecule has 0 spiro atoms. The fraction of sp³-hybridized carbons (Fsp3) is 0.647. The van der Waals surface area contributed by atoms with Crippen molar-refractivity contribution in [1.29, 1.82) is 0 Å². The molecule has 1 aromatic heterocycles. The first-order valence-corrected chi connectivity index (χ1v) is 8.75. The molecule has 1 N–H and O–H groups in total. The van der Waals surface area contributed by atoms with Crippen LogP contribution in [0.25, 0.3) is 0 Å². The third-order valence-electron chi connectivity index (χ3n) is 4.67. The van der Waals surface area contributed by atoms with Crippen LogP contribution in [-0.4, -0.2) is 59.3 Å². The number of piperidine rings is 1. The van der Waals surface area contributed by atoms with Crippen LogP contribution in [0.1, 0.15) is 36.2 Å². The van der Waals surface area contributed by atoms with Gasteiger partial charge in [0.25, 0.3) is 11.5 Å². The third-order valence-corrected chi connectivity index (χ3v) is 4.67. The number of carbonyl (C=O) groups is 2. The lowest BCUT2D eigenvalue weighted by Gasteiger charge is -2.32. The molecule has 1 saturated carbocycles. The number of hydrogen-bond donors (Lipinski definition) is 1. The molecule has 1 aliphatic heterocycles. The van der Waals surface area contributed by atoms with E-state index in [-0.39, 0.29) is 35.0 Å². The van der Waals surface area contributed by atoms with Crippen molar-refractivity contribution in [3.63, 3.8) is 0 Å². The summed E-state index contributed by atoms with van der Waals surface area (Å²) in [5, 5.41) is 7.05. The SMILES string of the molecule is COCCn1nc(C(=O)NC2CCN(C(=O)C3CC3)CC2)ccc1=O. The minimum atomic E-state index is -0.293. The highest BCUT2D eigenvalue weighted by atomic mass is 16.5. The lowest BCUT2D eigenvalue weighted by atomic mass is 10.0. The van der Waals surface area contributed by atoms with Gasteiger partial charge in [0.2, 0.25) is 5.91 Å². The Bertz CT molecular complexity index is 690. The zero-order valence-electron chi connectivity index (χ0n) is 14.4. The Hall–Kier alpha value is -2.22. The van der Waals surface area contributed by atoms with E-state index in [9.17, 15) is 14.4 Å². The Kier molecular flexibility index (Phi) is 5.47. The van der Waals surface area contributed by atoms with Gasteiger partial charge in [0, 0.05) is 38.2 Å². The van der Waals surface area contributed by atoms with E-state index >= 15 is 0 Å². The van der Waals surface area contributed by atoms with Gasteiger partial charge in [-0.05, 0) is 31.7 Å². The first-order valence-electron chi connectivity index (χ1n) is 8.75. The van der Waals surface area contributed by atoms with E-state index in [1.165, 1.54) is 16.8 Å². The summed E-state index contributed by atoms with van der Waals surface area (Å²) < 4.78 is 6.17. The Morgan fingerprint density at radius 1 is 1.24 bits per heavy atom. The number of nitrogens with one attached hydrogen (secondary N) is 1. The molecule has 2 heterocycles. The molecule has 0 bridgehead atoms. The van der Waals surface area contributed by atoms with Crippen LogP contribution in [0.3, 0.4) is 0 Å². The predicted molar refractivity (Wildman–Crippen MR) is 90.2 cm³/mol. The van der Waals surface area contributed by atoms with Gasteiger partial charge in [-0.1, -0.05) is 0 Å². The Morgan fingerprint density at radius 3 is 2.60 bits per heavy atom. The molecule has 1 aliphatic carbocycles. The van der Waals surface area contributed by atoms with Gasteiger partial charge < -0.3 is 15.0 Å². The van der Waals surface area contributed by atoms with Crippen molar-refractivity contribution in [2.75, 3.05) is 26.8 Å². The van der Waals surface area contributed by atoms with Crippen molar-refractivity contribution in [2.45, 2.75) is 38.3 Å². The maximum Gasteiger partial charge on any atom is 0.271 e. The molecule has 2 aliphatic rings. The van der Waals surface area contributed by atoms with E-state index in [0.29, 0.717) is 26.2 Å². The zero-order chi connectivity index (χ0) is 17.8. The van der Waals surface area contributed by atoms with E-state index in [0.717, 1.165) is 25.7 Å². The zero-order valence-corrected chi connectivity index (χ0v) is 14.4. The molecule has 0 radical (unpaired) electrons. The van der Waals surface area contributed by atoms with Gasteiger partial charge in [-0.2, -0.15) is 5.10 Å². The van der Waals surface area contributed by atoms with Crippen LogP contribution in [0, 0.1) is 5.92 Å². The maximum atomic E-state index is 12.4. The van der Waals surface area contributed by atoms with Crippen molar-refractivity contribution in [2.24, 2.45) is 5.92 Å². The normalized spacial score (nSPS) is 18.2. The van der Waals surface area contributed by atoms with Gasteiger partial charge in [0.15, 0.2) is 0 Å². The lowest BCUT2D eigenvalue weighted by Crippen LogP contribution is -2.47. The van der Waals surface area contributed by atoms with Crippen LogP contribution in [0.4, 0.5) is 0 Å². The number of methoxy groups -OCH3 is 1.